The summed E-state index contributed by atoms with van der Waals surface area (Å²) in [6, 6.07) is 15.4. The van der Waals surface area contributed by atoms with Crippen molar-refractivity contribution >= 4 is 23.3 Å². The van der Waals surface area contributed by atoms with Crippen LogP contribution in [-0.4, -0.2) is 10.9 Å². The van der Waals surface area contributed by atoms with Gasteiger partial charge in [0.05, 0.1) is 6.04 Å². The number of benzene rings is 2. The molecule has 2 aliphatic rings. The lowest BCUT2D eigenvalue weighted by Crippen LogP contribution is -2.53. The molecule has 2 aromatic rings. The van der Waals surface area contributed by atoms with Crippen LogP contribution in [0.25, 0.3) is 0 Å². The van der Waals surface area contributed by atoms with Crippen molar-refractivity contribution < 1.29 is 4.79 Å². The number of anilines is 1. The standard InChI is InChI=1S/C22H21ClN2O/c1-15(17-6-4-3-5-7-17)25-21(26)24-20-11-10-18(23)14-19(20)22(25,2)13-12-16-8-9-16/h3-7,10-11,14-16H,8-9H2,1-2H3,(H,24,26)/t15-,22+/m1/s1. The minimum absolute atomic E-state index is 0.123. The summed E-state index contributed by atoms with van der Waals surface area (Å²) in [5.41, 5.74) is 2.07. The Bertz CT molecular complexity index is 911. The number of rotatable bonds is 2. The molecule has 0 saturated heterocycles. The Labute approximate surface area is 159 Å². The molecule has 0 radical (unpaired) electrons. The van der Waals surface area contributed by atoms with E-state index < -0.39 is 5.54 Å². The summed E-state index contributed by atoms with van der Waals surface area (Å²) in [7, 11) is 0. The van der Waals surface area contributed by atoms with Crippen LogP contribution in [0.15, 0.2) is 48.5 Å². The lowest BCUT2D eigenvalue weighted by atomic mass is 9.85. The number of carbonyl (C=O) groups excluding carboxylic acids is 1. The van der Waals surface area contributed by atoms with Crippen LogP contribution < -0.4 is 5.32 Å². The van der Waals surface area contributed by atoms with Crippen LogP contribution in [0.1, 0.15) is 43.9 Å². The Balaban J connectivity index is 1.86. The van der Waals surface area contributed by atoms with E-state index in [2.05, 4.69) is 17.2 Å². The number of nitrogens with one attached hydrogen (secondary N) is 1. The van der Waals surface area contributed by atoms with E-state index in [1.807, 2.05) is 61.2 Å². The van der Waals surface area contributed by atoms with Gasteiger partial charge in [-0.15, -0.1) is 0 Å². The average Bonchev–Trinajstić information content (AvgIpc) is 3.46. The van der Waals surface area contributed by atoms with Gasteiger partial charge in [-0.2, -0.15) is 0 Å². The van der Waals surface area contributed by atoms with Crippen LogP contribution in [0.4, 0.5) is 10.5 Å². The van der Waals surface area contributed by atoms with Crippen LogP contribution in [0.5, 0.6) is 0 Å². The third kappa shape index (κ3) is 2.95. The van der Waals surface area contributed by atoms with Crippen molar-refractivity contribution in [1.82, 2.24) is 4.90 Å². The van der Waals surface area contributed by atoms with E-state index in [-0.39, 0.29) is 12.1 Å². The van der Waals surface area contributed by atoms with E-state index in [4.69, 9.17) is 11.6 Å². The van der Waals surface area contributed by atoms with Crippen molar-refractivity contribution in [2.24, 2.45) is 5.92 Å². The Kier molecular flexibility index (Phi) is 4.17. The fraction of sp³-hybridized carbons (Fsp3) is 0.318. The lowest BCUT2D eigenvalue weighted by Gasteiger charge is -2.46. The normalized spacial score (nSPS) is 22.7. The predicted octanol–water partition coefficient (Wildman–Crippen LogP) is 5.58. The van der Waals surface area contributed by atoms with Gasteiger partial charge >= 0.3 is 6.03 Å². The molecule has 0 unspecified atom stereocenters. The van der Waals surface area contributed by atoms with Crippen molar-refractivity contribution in [3.8, 4) is 11.8 Å². The number of carbonyl (C=O) groups is 1. The Morgan fingerprint density at radius 1 is 1.23 bits per heavy atom. The second-order valence-corrected chi connectivity index (χ2v) is 7.63. The highest BCUT2D eigenvalue weighted by atomic mass is 35.5. The first-order valence-electron chi connectivity index (χ1n) is 8.97. The Morgan fingerprint density at radius 3 is 2.65 bits per heavy atom. The SMILES string of the molecule is C[C@H](c1ccccc1)N1C(=O)Nc2ccc(Cl)cc2[C@]1(C)C#CC1CC1. The van der Waals surface area contributed by atoms with Gasteiger partial charge in [-0.25, -0.2) is 4.79 Å². The highest BCUT2D eigenvalue weighted by Crippen LogP contribution is 2.43. The molecule has 1 aliphatic carbocycles. The molecule has 2 amide bonds. The maximum absolute atomic E-state index is 13.0. The highest BCUT2D eigenvalue weighted by molar-refractivity contribution is 6.30. The second-order valence-electron chi connectivity index (χ2n) is 7.19. The average molecular weight is 365 g/mol. The zero-order valence-electron chi connectivity index (χ0n) is 14.9. The molecule has 4 heteroatoms. The number of nitrogens with zero attached hydrogens (tertiary/aromatic N) is 1. The van der Waals surface area contributed by atoms with E-state index in [0.29, 0.717) is 10.9 Å². The maximum Gasteiger partial charge on any atom is 0.323 e. The number of urea groups is 1. The number of fused-ring (bicyclic) bond motifs is 1. The third-order valence-electron chi connectivity index (χ3n) is 5.21. The molecule has 3 nitrogen and oxygen atoms in total. The van der Waals surface area contributed by atoms with Crippen LogP contribution in [0.2, 0.25) is 5.02 Å². The predicted molar refractivity (Wildman–Crippen MR) is 105 cm³/mol. The molecule has 0 spiro atoms. The number of hydrogen-bond donors (Lipinski definition) is 1. The van der Waals surface area contributed by atoms with Gasteiger partial charge in [0, 0.05) is 22.2 Å². The van der Waals surface area contributed by atoms with Gasteiger partial charge in [-0.1, -0.05) is 53.8 Å². The largest absolute Gasteiger partial charge is 0.323 e. The van der Waals surface area contributed by atoms with Gasteiger partial charge in [0.25, 0.3) is 0 Å². The fourth-order valence-corrected chi connectivity index (χ4v) is 3.75. The molecular formula is C22H21ClN2O. The van der Waals surface area contributed by atoms with E-state index >= 15 is 0 Å². The lowest BCUT2D eigenvalue weighted by molar-refractivity contribution is 0.132. The summed E-state index contributed by atoms with van der Waals surface area (Å²) >= 11 is 6.28. The molecule has 1 saturated carbocycles. The van der Waals surface area contributed by atoms with E-state index in [1.165, 1.54) is 0 Å². The molecule has 2 aromatic carbocycles. The molecule has 1 aliphatic heterocycles. The summed E-state index contributed by atoms with van der Waals surface area (Å²) in [6.07, 6.45) is 2.29. The van der Waals surface area contributed by atoms with Gasteiger partial charge in [-0.05, 0) is 50.5 Å². The van der Waals surface area contributed by atoms with Crippen molar-refractivity contribution in [3.05, 3.63) is 64.7 Å². The molecule has 2 atom stereocenters. The highest BCUT2D eigenvalue weighted by Gasteiger charge is 2.44. The van der Waals surface area contributed by atoms with Gasteiger partial charge in [-0.3, -0.25) is 4.90 Å². The van der Waals surface area contributed by atoms with E-state index in [1.54, 1.807) is 6.07 Å². The smallest absolute Gasteiger partial charge is 0.307 e. The fourth-order valence-electron chi connectivity index (χ4n) is 3.58. The number of hydrogen-bond acceptors (Lipinski definition) is 1. The van der Waals surface area contributed by atoms with Crippen molar-refractivity contribution in [3.63, 3.8) is 0 Å². The quantitative estimate of drug-likeness (QED) is 0.693. The van der Waals surface area contributed by atoms with E-state index in [9.17, 15) is 4.79 Å². The summed E-state index contributed by atoms with van der Waals surface area (Å²) in [5, 5.41) is 3.65. The molecule has 132 valence electrons. The minimum Gasteiger partial charge on any atom is -0.307 e. The molecule has 4 rings (SSSR count). The first-order chi connectivity index (χ1) is 12.5. The molecule has 26 heavy (non-hydrogen) atoms. The van der Waals surface area contributed by atoms with Crippen LogP contribution in [0.3, 0.4) is 0 Å². The third-order valence-corrected chi connectivity index (χ3v) is 5.45. The molecular weight excluding hydrogens is 344 g/mol. The summed E-state index contributed by atoms with van der Waals surface area (Å²) in [5.74, 6) is 7.25. The van der Waals surface area contributed by atoms with Gasteiger partial charge in [0.2, 0.25) is 0 Å². The van der Waals surface area contributed by atoms with Gasteiger partial charge in [0.1, 0.15) is 5.54 Å². The molecule has 0 aromatic heterocycles. The topological polar surface area (TPSA) is 32.3 Å². The number of amides is 2. The van der Waals surface area contributed by atoms with Crippen molar-refractivity contribution in [2.45, 2.75) is 38.3 Å². The minimum atomic E-state index is -0.736. The first-order valence-corrected chi connectivity index (χ1v) is 9.35. The molecule has 1 N–H and O–H groups in total. The van der Waals surface area contributed by atoms with E-state index in [0.717, 1.165) is 29.7 Å². The summed E-state index contributed by atoms with van der Waals surface area (Å²) in [4.78, 5) is 14.9. The van der Waals surface area contributed by atoms with Crippen LogP contribution >= 0.6 is 11.6 Å². The zero-order valence-corrected chi connectivity index (χ0v) is 15.7. The Morgan fingerprint density at radius 2 is 1.96 bits per heavy atom. The zero-order chi connectivity index (χ0) is 18.3. The Hall–Kier alpha value is -2.44. The first kappa shape index (κ1) is 17.0. The second kappa shape index (κ2) is 6.37. The molecule has 1 heterocycles. The molecule has 1 fully saturated rings. The van der Waals surface area contributed by atoms with Crippen LogP contribution in [0, 0.1) is 17.8 Å². The van der Waals surface area contributed by atoms with Crippen molar-refractivity contribution in [1.29, 1.82) is 0 Å². The van der Waals surface area contributed by atoms with Crippen LogP contribution in [-0.2, 0) is 5.54 Å². The van der Waals surface area contributed by atoms with Gasteiger partial charge < -0.3 is 5.32 Å². The number of halogens is 1. The van der Waals surface area contributed by atoms with Crippen molar-refractivity contribution in [2.75, 3.05) is 5.32 Å². The van der Waals surface area contributed by atoms with Gasteiger partial charge in [0.15, 0.2) is 0 Å². The molecule has 0 bridgehead atoms. The summed E-state index contributed by atoms with van der Waals surface area (Å²) < 4.78 is 0. The monoisotopic (exact) mass is 364 g/mol. The summed E-state index contributed by atoms with van der Waals surface area (Å²) in [6.45, 7) is 4.07. The maximum atomic E-state index is 13.0.